The highest BCUT2D eigenvalue weighted by Gasteiger charge is 2.19. The van der Waals surface area contributed by atoms with Crippen molar-refractivity contribution >= 4 is 5.57 Å². The lowest BCUT2D eigenvalue weighted by Gasteiger charge is -2.25. The largest absolute Gasteiger partial charge is 0.0724 e. The minimum absolute atomic E-state index is 1.24. The van der Waals surface area contributed by atoms with E-state index in [2.05, 4.69) is 37.3 Å². The van der Waals surface area contributed by atoms with E-state index >= 15 is 0 Å². The van der Waals surface area contributed by atoms with Crippen LogP contribution in [0.3, 0.4) is 0 Å². The molecule has 0 saturated carbocycles. The average Bonchev–Trinajstić information content (AvgIpc) is 2.29. The molecule has 2 aliphatic rings. The van der Waals surface area contributed by atoms with Crippen LogP contribution in [0.25, 0.3) is 5.57 Å². The van der Waals surface area contributed by atoms with Crippen LogP contribution in [0.4, 0.5) is 0 Å². The van der Waals surface area contributed by atoms with Crippen LogP contribution in [0.5, 0.6) is 0 Å². The first-order valence-electron chi connectivity index (χ1n) is 5.82. The molecule has 0 radical (unpaired) electrons. The van der Waals surface area contributed by atoms with E-state index in [1.165, 1.54) is 48.0 Å². The molecule has 15 heavy (non-hydrogen) atoms. The smallest absolute Gasteiger partial charge is 0.0152 e. The molecule has 0 atom stereocenters. The summed E-state index contributed by atoms with van der Waals surface area (Å²) in [5.74, 6) is 0. The van der Waals surface area contributed by atoms with Crippen molar-refractivity contribution in [3.05, 3.63) is 52.6 Å². The molecule has 0 aromatic heterocycles. The number of fused-ring (bicyclic) bond motifs is 2. The monoisotopic (exact) mass is 196 g/mol. The summed E-state index contributed by atoms with van der Waals surface area (Å²) in [7, 11) is 0. The lowest BCUT2D eigenvalue weighted by Crippen LogP contribution is -2.07. The maximum absolute atomic E-state index is 2.40. The Morgan fingerprint density at radius 3 is 2.67 bits per heavy atom. The lowest BCUT2D eigenvalue weighted by atomic mass is 9.80. The van der Waals surface area contributed by atoms with Crippen molar-refractivity contribution in [2.45, 2.75) is 32.6 Å². The molecule has 0 spiro atoms. The van der Waals surface area contributed by atoms with Crippen molar-refractivity contribution in [3.8, 4) is 0 Å². The normalized spacial score (nSPS) is 19.4. The molecule has 2 aliphatic carbocycles. The van der Waals surface area contributed by atoms with Gasteiger partial charge in [0, 0.05) is 0 Å². The fourth-order valence-corrected chi connectivity index (χ4v) is 2.72. The van der Waals surface area contributed by atoms with Crippen LogP contribution in [0, 0.1) is 0 Å². The number of hydrogen-bond acceptors (Lipinski definition) is 0. The molecule has 3 rings (SSSR count). The van der Waals surface area contributed by atoms with Gasteiger partial charge in [0.25, 0.3) is 0 Å². The molecule has 0 saturated heterocycles. The van der Waals surface area contributed by atoms with Crippen molar-refractivity contribution in [2.24, 2.45) is 0 Å². The van der Waals surface area contributed by atoms with Crippen molar-refractivity contribution in [2.75, 3.05) is 0 Å². The number of allylic oxidation sites excluding steroid dienone is 4. The molecule has 0 fully saturated rings. The minimum Gasteiger partial charge on any atom is -0.0724 e. The zero-order valence-electron chi connectivity index (χ0n) is 9.22. The van der Waals surface area contributed by atoms with Crippen LogP contribution in [-0.2, 0) is 6.42 Å². The van der Waals surface area contributed by atoms with Crippen molar-refractivity contribution in [1.82, 2.24) is 0 Å². The van der Waals surface area contributed by atoms with E-state index in [9.17, 15) is 0 Å². The second-order valence-electron chi connectivity index (χ2n) is 4.67. The van der Waals surface area contributed by atoms with Gasteiger partial charge in [0.05, 0.1) is 0 Å². The van der Waals surface area contributed by atoms with Gasteiger partial charge in [-0.15, -0.1) is 0 Å². The lowest BCUT2D eigenvalue weighted by molar-refractivity contribution is 0.806. The summed E-state index contributed by atoms with van der Waals surface area (Å²) in [6.45, 7) is 2.25. The van der Waals surface area contributed by atoms with Gasteiger partial charge in [0.1, 0.15) is 0 Å². The van der Waals surface area contributed by atoms with Crippen molar-refractivity contribution in [3.63, 3.8) is 0 Å². The summed E-state index contributed by atoms with van der Waals surface area (Å²) in [5, 5.41) is 0. The zero-order chi connectivity index (χ0) is 10.3. The number of hydrogen-bond donors (Lipinski definition) is 0. The van der Waals surface area contributed by atoms with Gasteiger partial charge >= 0.3 is 0 Å². The quantitative estimate of drug-likeness (QED) is 0.585. The SMILES string of the molecule is CC1=CC2=C(CC1)CCc1ccccc12. The molecule has 0 amide bonds. The third-order valence-electron chi connectivity index (χ3n) is 3.60. The van der Waals surface area contributed by atoms with Gasteiger partial charge < -0.3 is 0 Å². The third-order valence-corrected chi connectivity index (χ3v) is 3.60. The van der Waals surface area contributed by atoms with Gasteiger partial charge in [-0.3, -0.25) is 0 Å². The summed E-state index contributed by atoms with van der Waals surface area (Å²) < 4.78 is 0. The van der Waals surface area contributed by atoms with E-state index < -0.39 is 0 Å². The second-order valence-corrected chi connectivity index (χ2v) is 4.67. The van der Waals surface area contributed by atoms with Crippen molar-refractivity contribution in [1.29, 1.82) is 0 Å². The standard InChI is InChI=1S/C15H16/c1-11-6-7-13-9-8-12-4-2-3-5-14(12)15(13)10-11/h2-5,10H,6-9H2,1H3. The number of rotatable bonds is 0. The summed E-state index contributed by atoms with van der Waals surface area (Å²) in [5.41, 5.74) is 7.75. The predicted molar refractivity (Wildman–Crippen MR) is 64.7 cm³/mol. The van der Waals surface area contributed by atoms with Gasteiger partial charge in [-0.1, -0.05) is 41.5 Å². The Morgan fingerprint density at radius 2 is 1.73 bits per heavy atom. The molecule has 0 nitrogen and oxygen atoms in total. The highest BCUT2D eigenvalue weighted by atomic mass is 14.2. The average molecular weight is 196 g/mol. The summed E-state index contributed by atoms with van der Waals surface area (Å²) in [4.78, 5) is 0. The van der Waals surface area contributed by atoms with E-state index in [0.717, 1.165) is 0 Å². The van der Waals surface area contributed by atoms with Crippen LogP contribution in [0.1, 0.15) is 37.3 Å². The Hall–Kier alpha value is -1.30. The highest BCUT2D eigenvalue weighted by Crippen LogP contribution is 2.38. The molecule has 0 aliphatic heterocycles. The molecule has 1 aromatic carbocycles. The molecule has 0 unspecified atom stereocenters. The van der Waals surface area contributed by atoms with E-state index in [-0.39, 0.29) is 0 Å². The van der Waals surface area contributed by atoms with Gasteiger partial charge in [0.15, 0.2) is 0 Å². The van der Waals surface area contributed by atoms with Gasteiger partial charge in [-0.05, 0) is 49.3 Å². The predicted octanol–water partition coefficient (Wildman–Crippen LogP) is 4.13. The Labute approximate surface area is 91.3 Å². The van der Waals surface area contributed by atoms with Crippen LogP contribution < -0.4 is 0 Å². The summed E-state index contributed by atoms with van der Waals surface area (Å²) in [6.07, 6.45) is 7.46. The van der Waals surface area contributed by atoms with Crippen LogP contribution in [0.15, 0.2) is 41.5 Å². The molecule has 0 heterocycles. The van der Waals surface area contributed by atoms with Gasteiger partial charge in [-0.2, -0.15) is 0 Å². The molecular formula is C15H16. The second kappa shape index (κ2) is 3.37. The van der Waals surface area contributed by atoms with E-state index in [0.29, 0.717) is 0 Å². The first-order valence-corrected chi connectivity index (χ1v) is 5.82. The first-order chi connectivity index (χ1) is 7.34. The molecule has 76 valence electrons. The fraction of sp³-hybridized carbons (Fsp3) is 0.333. The van der Waals surface area contributed by atoms with E-state index in [1.54, 1.807) is 5.57 Å². The van der Waals surface area contributed by atoms with Crippen LogP contribution in [0.2, 0.25) is 0 Å². The molecule has 0 bridgehead atoms. The summed E-state index contributed by atoms with van der Waals surface area (Å²) in [6, 6.07) is 8.87. The maximum Gasteiger partial charge on any atom is -0.0152 e. The molecule has 0 heteroatoms. The first kappa shape index (κ1) is 8.96. The summed E-state index contributed by atoms with van der Waals surface area (Å²) >= 11 is 0. The number of aryl methyl sites for hydroxylation is 1. The highest BCUT2D eigenvalue weighted by molar-refractivity contribution is 5.81. The Bertz CT molecular complexity index is 461. The Balaban J connectivity index is 2.17. The fourth-order valence-electron chi connectivity index (χ4n) is 2.72. The maximum atomic E-state index is 2.40. The molecule has 1 aromatic rings. The van der Waals surface area contributed by atoms with Crippen molar-refractivity contribution < 1.29 is 0 Å². The minimum atomic E-state index is 1.24. The zero-order valence-corrected chi connectivity index (χ0v) is 9.22. The van der Waals surface area contributed by atoms with Crippen LogP contribution >= 0.6 is 0 Å². The Morgan fingerprint density at radius 1 is 0.933 bits per heavy atom. The van der Waals surface area contributed by atoms with Crippen LogP contribution in [-0.4, -0.2) is 0 Å². The van der Waals surface area contributed by atoms with E-state index in [4.69, 9.17) is 0 Å². The molecule has 0 N–H and O–H groups in total. The Kier molecular flexibility index (Phi) is 2.02. The van der Waals surface area contributed by atoms with Gasteiger partial charge in [-0.25, -0.2) is 0 Å². The topological polar surface area (TPSA) is 0 Å². The number of benzene rings is 1. The third kappa shape index (κ3) is 1.45. The molecular weight excluding hydrogens is 180 g/mol. The van der Waals surface area contributed by atoms with Gasteiger partial charge in [0.2, 0.25) is 0 Å². The van der Waals surface area contributed by atoms with E-state index in [1.807, 2.05) is 0 Å².